The van der Waals surface area contributed by atoms with Gasteiger partial charge in [-0.15, -0.1) is 0 Å². The number of carbonyl (C=O) groups excluding carboxylic acids is 3. The SMILES string of the molecule is C[C@]1(O)CC(=O)c2c(ccc3c2C(=O)c2cccc(O)c2C3=O)[C@H]1O. The van der Waals surface area contributed by atoms with Crippen molar-refractivity contribution in [2.75, 3.05) is 0 Å². The summed E-state index contributed by atoms with van der Waals surface area (Å²) in [6.07, 6.45) is -1.70. The maximum absolute atomic E-state index is 12.9. The normalized spacial score (nSPS) is 24.6. The van der Waals surface area contributed by atoms with Crippen LogP contribution in [0.2, 0.25) is 0 Å². The van der Waals surface area contributed by atoms with Gasteiger partial charge in [0.1, 0.15) is 11.9 Å². The molecule has 0 amide bonds. The van der Waals surface area contributed by atoms with Crippen LogP contribution in [0.25, 0.3) is 0 Å². The number of fused-ring (bicyclic) bond motifs is 4. The van der Waals surface area contributed by atoms with E-state index >= 15 is 0 Å². The number of carbonyl (C=O) groups is 3. The van der Waals surface area contributed by atoms with E-state index in [0.29, 0.717) is 0 Å². The summed E-state index contributed by atoms with van der Waals surface area (Å²) in [5, 5.41) is 30.5. The number of phenols is 1. The van der Waals surface area contributed by atoms with Crippen LogP contribution in [-0.2, 0) is 0 Å². The Kier molecular flexibility index (Phi) is 3.04. The van der Waals surface area contributed by atoms with Crippen molar-refractivity contribution in [3.8, 4) is 5.75 Å². The molecule has 2 aromatic carbocycles. The van der Waals surface area contributed by atoms with Crippen LogP contribution in [0, 0.1) is 0 Å². The van der Waals surface area contributed by atoms with Gasteiger partial charge in [0.25, 0.3) is 0 Å². The van der Waals surface area contributed by atoms with E-state index in [1.807, 2.05) is 0 Å². The third kappa shape index (κ3) is 1.95. The molecule has 3 N–H and O–H groups in total. The molecule has 126 valence electrons. The van der Waals surface area contributed by atoms with Gasteiger partial charge in [-0.1, -0.05) is 18.2 Å². The van der Waals surface area contributed by atoms with E-state index in [9.17, 15) is 29.7 Å². The van der Waals surface area contributed by atoms with Crippen molar-refractivity contribution in [1.82, 2.24) is 0 Å². The van der Waals surface area contributed by atoms with E-state index in [0.717, 1.165) is 0 Å². The molecule has 0 bridgehead atoms. The number of hydrogen-bond donors (Lipinski definition) is 3. The molecule has 0 aromatic heterocycles. The summed E-state index contributed by atoms with van der Waals surface area (Å²) in [7, 11) is 0. The van der Waals surface area contributed by atoms with Gasteiger partial charge in [-0.3, -0.25) is 14.4 Å². The highest BCUT2D eigenvalue weighted by Crippen LogP contribution is 2.42. The molecule has 2 aromatic rings. The molecule has 0 saturated heterocycles. The number of phenolic OH excluding ortho intramolecular Hbond substituents is 1. The predicted octanol–water partition coefficient (Wildman–Crippen LogP) is 1.54. The fraction of sp³-hybridized carbons (Fsp3) is 0.211. The summed E-state index contributed by atoms with van der Waals surface area (Å²) in [5.74, 6) is -1.91. The van der Waals surface area contributed by atoms with Crippen LogP contribution in [0.4, 0.5) is 0 Å². The first kappa shape index (κ1) is 15.7. The lowest BCUT2D eigenvalue weighted by atomic mass is 9.72. The number of benzene rings is 2. The van der Waals surface area contributed by atoms with Crippen molar-refractivity contribution in [2.45, 2.75) is 25.0 Å². The molecule has 0 spiro atoms. The highest BCUT2D eigenvalue weighted by atomic mass is 16.3. The summed E-state index contributed by atoms with van der Waals surface area (Å²) in [6, 6.07) is 6.90. The summed E-state index contributed by atoms with van der Waals surface area (Å²) in [6.45, 7) is 1.35. The van der Waals surface area contributed by atoms with Crippen molar-refractivity contribution >= 4 is 17.3 Å². The van der Waals surface area contributed by atoms with Crippen LogP contribution in [0.5, 0.6) is 5.75 Å². The Morgan fingerprint density at radius 2 is 1.60 bits per heavy atom. The summed E-state index contributed by atoms with van der Waals surface area (Å²) in [5.41, 5.74) is -1.66. The lowest BCUT2D eigenvalue weighted by molar-refractivity contribution is -0.0675. The number of aromatic hydroxyl groups is 1. The molecule has 0 radical (unpaired) electrons. The van der Waals surface area contributed by atoms with Gasteiger partial charge in [0.05, 0.1) is 11.2 Å². The number of aliphatic hydroxyl groups excluding tert-OH is 1. The first-order chi connectivity index (χ1) is 11.7. The fourth-order valence-corrected chi connectivity index (χ4v) is 3.65. The van der Waals surface area contributed by atoms with E-state index in [1.54, 1.807) is 0 Å². The smallest absolute Gasteiger partial charge is 0.198 e. The van der Waals surface area contributed by atoms with Crippen LogP contribution >= 0.6 is 0 Å². The molecule has 0 fully saturated rings. The summed E-state index contributed by atoms with van der Waals surface area (Å²) < 4.78 is 0. The third-order valence-electron chi connectivity index (χ3n) is 4.90. The average molecular weight is 338 g/mol. The molecule has 6 heteroatoms. The van der Waals surface area contributed by atoms with Crippen LogP contribution in [-0.4, -0.2) is 38.3 Å². The lowest BCUT2D eigenvalue weighted by Crippen LogP contribution is -2.41. The van der Waals surface area contributed by atoms with Crippen LogP contribution in [0.3, 0.4) is 0 Å². The zero-order chi connectivity index (χ0) is 18.1. The largest absolute Gasteiger partial charge is 0.507 e. The van der Waals surface area contributed by atoms with Gasteiger partial charge >= 0.3 is 0 Å². The molecule has 6 nitrogen and oxygen atoms in total. The van der Waals surface area contributed by atoms with Crippen LogP contribution in [0.15, 0.2) is 30.3 Å². The molecule has 2 atom stereocenters. The Morgan fingerprint density at radius 3 is 2.32 bits per heavy atom. The van der Waals surface area contributed by atoms with E-state index < -0.39 is 29.1 Å². The second-order valence-electron chi connectivity index (χ2n) is 6.67. The Morgan fingerprint density at radius 1 is 0.960 bits per heavy atom. The second kappa shape index (κ2) is 4.84. The maximum atomic E-state index is 12.9. The Balaban J connectivity index is 2.04. The minimum absolute atomic E-state index is 0.0137. The molecule has 2 aliphatic rings. The number of hydrogen-bond acceptors (Lipinski definition) is 6. The van der Waals surface area contributed by atoms with Crippen LogP contribution in [0.1, 0.15) is 67.2 Å². The average Bonchev–Trinajstić information content (AvgIpc) is 2.56. The minimum Gasteiger partial charge on any atom is -0.507 e. The highest BCUT2D eigenvalue weighted by Gasteiger charge is 2.45. The highest BCUT2D eigenvalue weighted by molar-refractivity contribution is 6.32. The fourth-order valence-electron chi connectivity index (χ4n) is 3.65. The van der Waals surface area contributed by atoms with Crippen molar-refractivity contribution in [3.63, 3.8) is 0 Å². The van der Waals surface area contributed by atoms with Gasteiger partial charge in [0, 0.05) is 28.7 Å². The molecular weight excluding hydrogens is 324 g/mol. The van der Waals surface area contributed by atoms with Crippen molar-refractivity contribution < 1.29 is 29.7 Å². The molecule has 0 saturated carbocycles. The zero-order valence-electron chi connectivity index (χ0n) is 13.2. The summed E-state index contributed by atoms with van der Waals surface area (Å²) >= 11 is 0. The number of Topliss-reactive ketones (excluding diaryl/α,β-unsaturated/α-hetero) is 1. The van der Waals surface area contributed by atoms with Gasteiger partial charge < -0.3 is 15.3 Å². The standard InChI is InChI=1S/C19H14O6/c1-19(25)7-12(21)13-10(18(19)24)6-5-9-15(13)17(23)8-3-2-4-11(20)14(8)16(9)22/h2-6,18,20,24-25H,7H2,1H3/t18-,19+/m1/s1. The van der Waals surface area contributed by atoms with Gasteiger partial charge in [0.15, 0.2) is 17.3 Å². The number of rotatable bonds is 0. The molecule has 25 heavy (non-hydrogen) atoms. The van der Waals surface area contributed by atoms with Crippen molar-refractivity contribution in [3.05, 3.63) is 63.7 Å². The first-order valence-electron chi connectivity index (χ1n) is 7.76. The zero-order valence-corrected chi connectivity index (χ0v) is 13.2. The van der Waals surface area contributed by atoms with Crippen LogP contribution < -0.4 is 0 Å². The Labute approximate surface area is 142 Å². The molecule has 0 heterocycles. The monoisotopic (exact) mass is 338 g/mol. The predicted molar refractivity (Wildman–Crippen MR) is 85.9 cm³/mol. The lowest BCUT2D eigenvalue weighted by Gasteiger charge is -2.36. The Hall–Kier alpha value is -2.83. The third-order valence-corrected chi connectivity index (χ3v) is 4.90. The van der Waals surface area contributed by atoms with E-state index in [2.05, 4.69) is 0 Å². The molecule has 0 aliphatic heterocycles. The molecule has 2 aliphatic carbocycles. The Bertz CT molecular complexity index is 986. The van der Waals surface area contributed by atoms with Gasteiger partial charge in [0.2, 0.25) is 0 Å². The number of aliphatic hydroxyl groups is 2. The quantitative estimate of drug-likeness (QED) is 0.573. The van der Waals surface area contributed by atoms with E-state index in [4.69, 9.17) is 0 Å². The van der Waals surface area contributed by atoms with E-state index in [1.165, 1.54) is 37.3 Å². The van der Waals surface area contributed by atoms with Gasteiger partial charge in [-0.2, -0.15) is 0 Å². The summed E-state index contributed by atoms with van der Waals surface area (Å²) in [4.78, 5) is 38.2. The molecule has 0 unspecified atom stereocenters. The minimum atomic E-state index is -1.64. The molecular formula is C19H14O6. The maximum Gasteiger partial charge on any atom is 0.198 e. The van der Waals surface area contributed by atoms with Gasteiger partial charge in [-0.05, 0) is 24.6 Å². The topological polar surface area (TPSA) is 112 Å². The van der Waals surface area contributed by atoms with Crippen molar-refractivity contribution in [1.29, 1.82) is 0 Å². The van der Waals surface area contributed by atoms with Crippen molar-refractivity contribution in [2.24, 2.45) is 0 Å². The second-order valence-corrected chi connectivity index (χ2v) is 6.67. The van der Waals surface area contributed by atoms with E-state index in [-0.39, 0.29) is 45.6 Å². The first-order valence-corrected chi connectivity index (χ1v) is 7.76. The molecule has 4 rings (SSSR count). The van der Waals surface area contributed by atoms with Gasteiger partial charge in [-0.25, -0.2) is 0 Å². The number of ketones is 3.